The van der Waals surface area contributed by atoms with Crippen LogP contribution in [0.25, 0.3) is 0 Å². The smallest absolute Gasteiger partial charge is 0.225 e. The minimum absolute atomic E-state index is 0.388. The number of piperidine rings is 1. The highest BCUT2D eigenvalue weighted by Gasteiger charge is 2.25. The summed E-state index contributed by atoms with van der Waals surface area (Å²) < 4.78 is 0. The van der Waals surface area contributed by atoms with Gasteiger partial charge in [0.1, 0.15) is 0 Å². The van der Waals surface area contributed by atoms with Crippen molar-refractivity contribution in [3.05, 3.63) is 53.3 Å². The van der Waals surface area contributed by atoms with Crippen LogP contribution in [-0.2, 0) is 6.42 Å². The largest absolute Gasteiger partial charge is 0.404 e. The van der Waals surface area contributed by atoms with Gasteiger partial charge in [0.2, 0.25) is 5.95 Å². The van der Waals surface area contributed by atoms with E-state index in [9.17, 15) is 0 Å². The molecule has 2 heterocycles. The number of nitrogens with two attached hydrogens (primary N) is 2. The number of hydrogen-bond donors (Lipinski definition) is 2. The SMILES string of the molecule is C=CC(=C/N)/C=C(\N)N(C)C1CCN(c2nc(C)c(CC(C)C)c(C)n2)CC1. The van der Waals surface area contributed by atoms with Gasteiger partial charge in [-0.25, -0.2) is 9.97 Å². The van der Waals surface area contributed by atoms with Gasteiger partial charge in [0.25, 0.3) is 0 Å². The van der Waals surface area contributed by atoms with Gasteiger partial charge in [0.15, 0.2) is 0 Å². The summed E-state index contributed by atoms with van der Waals surface area (Å²) >= 11 is 0. The molecule has 4 N–H and O–H groups in total. The first kappa shape index (κ1) is 21.8. The van der Waals surface area contributed by atoms with E-state index in [0.29, 0.717) is 17.8 Å². The fourth-order valence-electron chi connectivity index (χ4n) is 3.68. The molecule has 2 rings (SSSR count). The van der Waals surface area contributed by atoms with E-state index in [1.807, 2.05) is 13.1 Å². The molecule has 0 saturated carbocycles. The lowest BCUT2D eigenvalue weighted by Gasteiger charge is -2.38. The molecule has 0 aromatic carbocycles. The molecule has 6 heteroatoms. The molecular weight excluding hydrogens is 348 g/mol. The third-order valence-electron chi connectivity index (χ3n) is 5.47. The molecule has 0 amide bonds. The average Bonchev–Trinajstić information content (AvgIpc) is 2.67. The van der Waals surface area contributed by atoms with Gasteiger partial charge in [-0.3, -0.25) is 0 Å². The van der Waals surface area contributed by atoms with Gasteiger partial charge < -0.3 is 21.3 Å². The van der Waals surface area contributed by atoms with E-state index in [1.54, 1.807) is 6.08 Å². The normalized spacial score (nSPS) is 16.6. The highest BCUT2D eigenvalue weighted by molar-refractivity contribution is 5.37. The van der Waals surface area contributed by atoms with Crippen molar-refractivity contribution in [1.29, 1.82) is 0 Å². The summed E-state index contributed by atoms with van der Waals surface area (Å²) in [5.41, 5.74) is 16.1. The van der Waals surface area contributed by atoms with E-state index in [1.165, 1.54) is 11.8 Å². The fourth-order valence-corrected chi connectivity index (χ4v) is 3.68. The fraction of sp³-hybridized carbons (Fsp3) is 0.545. The zero-order valence-corrected chi connectivity index (χ0v) is 18.1. The van der Waals surface area contributed by atoms with Crippen molar-refractivity contribution in [2.75, 3.05) is 25.0 Å². The standard InChI is InChI=1S/C22H36N6/c1-7-18(14-23)13-21(24)27(6)19-8-10-28(11-9-19)22-25-16(4)20(12-15(2)3)17(5)26-22/h7,13-15,19H,1,8-12,23-24H2,2-6H3/b18-14-,21-13+. The molecule has 0 unspecified atom stereocenters. The van der Waals surface area contributed by atoms with E-state index < -0.39 is 0 Å². The lowest BCUT2D eigenvalue weighted by Crippen LogP contribution is -2.45. The van der Waals surface area contributed by atoms with Gasteiger partial charge in [-0.2, -0.15) is 0 Å². The van der Waals surface area contributed by atoms with Gasteiger partial charge in [-0.05, 0) is 56.2 Å². The van der Waals surface area contributed by atoms with Crippen LogP contribution in [0.5, 0.6) is 0 Å². The highest BCUT2D eigenvalue weighted by Crippen LogP contribution is 2.23. The van der Waals surface area contributed by atoms with Gasteiger partial charge in [0, 0.05) is 43.8 Å². The Labute approximate surface area is 170 Å². The maximum absolute atomic E-state index is 6.25. The predicted molar refractivity (Wildman–Crippen MR) is 118 cm³/mol. The second-order valence-electron chi connectivity index (χ2n) is 8.04. The zero-order valence-electron chi connectivity index (χ0n) is 18.1. The Balaban J connectivity index is 2.05. The second-order valence-corrected chi connectivity index (χ2v) is 8.04. The van der Waals surface area contributed by atoms with Crippen molar-refractivity contribution >= 4 is 5.95 Å². The quantitative estimate of drug-likeness (QED) is 0.703. The summed E-state index contributed by atoms with van der Waals surface area (Å²) in [4.78, 5) is 14.0. The number of aromatic nitrogens is 2. The van der Waals surface area contributed by atoms with Crippen LogP contribution in [-0.4, -0.2) is 41.0 Å². The van der Waals surface area contributed by atoms with Gasteiger partial charge in [-0.15, -0.1) is 0 Å². The molecule has 0 bridgehead atoms. The molecule has 1 aromatic heterocycles. The summed E-state index contributed by atoms with van der Waals surface area (Å²) in [6.07, 6.45) is 8.13. The van der Waals surface area contributed by atoms with Gasteiger partial charge >= 0.3 is 0 Å². The molecule has 154 valence electrons. The summed E-state index contributed by atoms with van der Waals surface area (Å²) in [5.74, 6) is 2.16. The molecule has 0 radical (unpaired) electrons. The van der Waals surface area contributed by atoms with Crippen molar-refractivity contribution in [3.8, 4) is 0 Å². The molecule has 6 nitrogen and oxygen atoms in total. The Bertz CT molecular complexity index is 718. The first-order chi connectivity index (χ1) is 13.3. The maximum atomic E-state index is 6.25. The molecular formula is C22H36N6. The summed E-state index contributed by atoms with van der Waals surface area (Å²) in [5, 5.41) is 0. The van der Waals surface area contributed by atoms with Crippen LogP contribution in [0.2, 0.25) is 0 Å². The maximum Gasteiger partial charge on any atom is 0.225 e. The average molecular weight is 385 g/mol. The number of anilines is 1. The third-order valence-corrected chi connectivity index (χ3v) is 5.47. The van der Waals surface area contributed by atoms with Crippen LogP contribution in [0.4, 0.5) is 5.95 Å². The van der Waals surface area contributed by atoms with Crippen LogP contribution < -0.4 is 16.4 Å². The molecule has 1 aromatic rings. The molecule has 1 saturated heterocycles. The topological polar surface area (TPSA) is 84.3 Å². The predicted octanol–water partition coefficient (Wildman–Crippen LogP) is 3.02. The van der Waals surface area contributed by atoms with Gasteiger partial charge in [-0.1, -0.05) is 26.5 Å². The lowest BCUT2D eigenvalue weighted by atomic mass is 10.0. The van der Waals surface area contributed by atoms with Gasteiger partial charge in [0.05, 0.1) is 5.82 Å². The van der Waals surface area contributed by atoms with Crippen molar-refractivity contribution in [1.82, 2.24) is 14.9 Å². The van der Waals surface area contributed by atoms with Crippen molar-refractivity contribution in [3.63, 3.8) is 0 Å². The minimum Gasteiger partial charge on any atom is -0.404 e. The van der Waals surface area contributed by atoms with Crippen molar-refractivity contribution in [2.24, 2.45) is 17.4 Å². The second kappa shape index (κ2) is 9.62. The molecule has 1 fully saturated rings. The summed E-state index contributed by atoms with van der Waals surface area (Å²) in [6, 6.07) is 0.388. The molecule has 1 aliphatic heterocycles. The monoisotopic (exact) mass is 384 g/mol. The number of aryl methyl sites for hydroxylation is 2. The molecule has 0 atom stereocenters. The number of allylic oxidation sites excluding steroid dienone is 3. The van der Waals surface area contributed by atoms with E-state index in [2.05, 4.69) is 44.1 Å². The molecule has 1 aliphatic rings. The van der Waals surface area contributed by atoms with Crippen molar-refractivity contribution < 1.29 is 0 Å². The van der Waals surface area contributed by atoms with Crippen LogP contribution >= 0.6 is 0 Å². The third kappa shape index (κ3) is 5.27. The lowest BCUT2D eigenvalue weighted by molar-refractivity contribution is 0.254. The first-order valence-electron chi connectivity index (χ1n) is 10.1. The number of nitrogens with zero attached hydrogens (tertiary/aromatic N) is 4. The Kier molecular flexibility index (Phi) is 7.49. The first-order valence-corrected chi connectivity index (χ1v) is 10.1. The Hall–Kier alpha value is -2.50. The molecule has 0 aliphatic carbocycles. The summed E-state index contributed by atoms with van der Waals surface area (Å²) in [6.45, 7) is 14.3. The Morgan fingerprint density at radius 3 is 2.29 bits per heavy atom. The van der Waals surface area contributed by atoms with Crippen LogP contribution in [0, 0.1) is 19.8 Å². The van der Waals surface area contributed by atoms with E-state index >= 15 is 0 Å². The van der Waals surface area contributed by atoms with Crippen molar-refractivity contribution in [2.45, 2.75) is 53.0 Å². The zero-order chi connectivity index (χ0) is 20.8. The number of rotatable bonds is 7. The Morgan fingerprint density at radius 1 is 1.25 bits per heavy atom. The molecule has 28 heavy (non-hydrogen) atoms. The molecule has 0 spiro atoms. The summed E-state index contributed by atoms with van der Waals surface area (Å²) in [7, 11) is 2.04. The minimum atomic E-state index is 0.388. The van der Waals surface area contributed by atoms with Crippen LogP contribution in [0.3, 0.4) is 0 Å². The number of hydrogen-bond acceptors (Lipinski definition) is 6. The Morgan fingerprint density at radius 2 is 1.82 bits per heavy atom. The van der Waals surface area contributed by atoms with E-state index in [0.717, 1.165) is 55.3 Å². The van der Waals surface area contributed by atoms with E-state index in [-0.39, 0.29) is 0 Å². The van der Waals surface area contributed by atoms with Crippen LogP contribution in [0.1, 0.15) is 43.6 Å². The highest BCUT2D eigenvalue weighted by atomic mass is 15.3. The van der Waals surface area contributed by atoms with Crippen LogP contribution in [0.15, 0.2) is 36.3 Å². The van der Waals surface area contributed by atoms with E-state index in [4.69, 9.17) is 21.4 Å².